The van der Waals surface area contributed by atoms with Gasteiger partial charge >= 0.3 is 0 Å². The van der Waals surface area contributed by atoms with E-state index in [1.54, 1.807) is 6.07 Å². The lowest BCUT2D eigenvalue weighted by atomic mass is 9.98. The molecule has 1 fully saturated rings. The largest absolute Gasteiger partial charge is 0.368 e. The molecule has 2 aromatic carbocycles. The summed E-state index contributed by atoms with van der Waals surface area (Å²) < 4.78 is 7.71. The van der Waals surface area contributed by atoms with Gasteiger partial charge in [0.1, 0.15) is 6.10 Å². The normalized spacial score (nSPS) is 19.9. The maximum absolute atomic E-state index is 12.6. The second-order valence-corrected chi connectivity index (χ2v) is 9.31. The minimum Gasteiger partial charge on any atom is -0.368 e. The number of ether oxygens (including phenoxy) is 1. The Hall–Kier alpha value is -2.34. The standard InChI is InChI=1S/C25H25Cl2N3O2/c1-16(20-6-5-19(26)14-21(20)27)30-15-28-22-7-4-18(13-23(22)30)17-8-10-29(11-9-17)25(31)24-3-2-12-32-24/h4-8,13-16,24H,2-3,9-12H2,1H3/t16-,24-/m1/s1. The summed E-state index contributed by atoms with van der Waals surface area (Å²) in [5.74, 6) is 0.125. The number of rotatable bonds is 4. The third-order valence-electron chi connectivity index (χ3n) is 6.50. The Balaban J connectivity index is 1.40. The van der Waals surface area contributed by atoms with Crippen molar-refractivity contribution < 1.29 is 9.53 Å². The first kappa shape index (κ1) is 21.5. The Kier molecular flexibility index (Phi) is 5.97. The maximum atomic E-state index is 12.6. The summed E-state index contributed by atoms with van der Waals surface area (Å²) >= 11 is 12.5. The fraction of sp³-hybridized carbons (Fsp3) is 0.360. The average molecular weight is 470 g/mol. The molecule has 0 N–H and O–H groups in total. The van der Waals surface area contributed by atoms with Gasteiger partial charge in [-0.1, -0.05) is 41.4 Å². The molecule has 5 nitrogen and oxygen atoms in total. The average Bonchev–Trinajstić information content (AvgIpc) is 3.48. The highest BCUT2D eigenvalue weighted by Crippen LogP contribution is 2.32. The SMILES string of the molecule is C[C@H](c1ccc(Cl)cc1Cl)n1cnc2ccc(C3=CCN(C(=O)[C@H]4CCCO4)CC3)cc21. The first-order valence-corrected chi connectivity index (χ1v) is 11.8. The molecule has 1 amide bonds. The summed E-state index contributed by atoms with van der Waals surface area (Å²) in [4.78, 5) is 19.1. The highest BCUT2D eigenvalue weighted by atomic mass is 35.5. The molecule has 32 heavy (non-hydrogen) atoms. The van der Waals surface area contributed by atoms with E-state index in [0.717, 1.165) is 48.0 Å². The number of imidazole rings is 1. The summed E-state index contributed by atoms with van der Waals surface area (Å²) in [6, 6.07) is 12.0. The molecule has 1 aromatic heterocycles. The minimum atomic E-state index is -0.253. The van der Waals surface area contributed by atoms with Crippen molar-refractivity contribution in [3.05, 3.63) is 70.0 Å². The number of benzene rings is 2. The zero-order valence-corrected chi connectivity index (χ0v) is 19.4. The molecular formula is C25H25Cl2N3O2. The highest BCUT2D eigenvalue weighted by molar-refractivity contribution is 6.35. The summed E-state index contributed by atoms with van der Waals surface area (Å²) in [5.41, 5.74) is 5.42. The second-order valence-electron chi connectivity index (χ2n) is 8.46. The summed E-state index contributed by atoms with van der Waals surface area (Å²) in [6.07, 6.45) is 6.41. The fourth-order valence-electron chi connectivity index (χ4n) is 4.63. The van der Waals surface area contributed by atoms with Gasteiger partial charge in [0.15, 0.2) is 0 Å². The molecule has 1 saturated heterocycles. The van der Waals surface area contributed by atoms with Crippen LogP contribution in [0.5, 0.6) is 0 Å². The van der Waals surface area contributed by atoms with Crippen molar-refractivity contribution in [2.24, 2.45) is 0 Å². The van der Waals surface area contributed by atoms with Crippen LogP contribution in [-0.4, -0.2) is 46.2 Å². The lowest BCUT2D eigenvalue weighted by Gasteiger charge is -2.28. The summed E-state index contributed by atoms with van der Waals surface area (Å²) in [7, 11) is 0. The van der Waals surface area contributed by atoms with Crippen LogP contribution in [0.2, 0.25) is 10.0 Å². The number of halogens is 2. The Bertz CT molecular complexity index is 1200. The molecule has 0 bridgehead atoms. The quantitative estimate of drug-likeness (QED) is 0.488. The molecule has 0 radical (unpaired) electrons. The number of hydrogen-bond acceptors (Lipinski definition) is 3. The van der Waals surface area contributed by atoms with Gasteiger partial charge in [-0.25, -0.2) is 4.98 Å². The van der Waals surface area contributed by atoms with E-state index in [2.05, 4.69) is 40.7 Å². The van der Waals surface area contributed by atoms with Crippen molar-refractivity contribution in [1.82, 2.24) is 14.5 Å². The first-order chi connectivity index (χ1) is 15.5. The molecule has 0 unspecified atom stereocenters. The van der Waals surface area contributed by atoms with E-state index in [9.17, 15) is 4.79 Å². The van der Waals surface area contributed by atoms with Crippen molar-refractivity contribution in [2.75, 3.05) is 19.7 Å². The third kappa shape index (κ3) is 4.05. The zero-order chi connectivity index (χ0) is 22.2. The Morgan fingerprint density at radius 3 is 2.81 bits per heavy atom. The van der Waals surface area contributed by atoms with Crippen molar-refractivity contribution in [1.29, 1.82) is 0 Å². The topological polar surface area (TPSA) is 47.4 Å². The van der Waals surface area contributed by atoms with Gasteiger partial charge < -0.3 is 14.2 Å². The van der Waals surface area contributed by atoms with Gasteiger partial charge in [0.2, 0.25) is 0 Å². The lowest BCUT2D eigenvalue weighted by molar-refractivity contribution is -0.140. The molecule has 3 heterocycles. The van der Waals surface area contributed by atoms with Gasteiger partial charge in [-0.15, -0.1) is 0 Å². The smallest absolute Gasteiger partial charge is 0.251 e. The molecule has 0 saturated carbocycles. The molecule has 2 aliphatic heterocycles. The number of nitrogens with zero attached hydrogens (tertiary/aromatic N) is 3. The number of fused-ring (bicyclic) bond motifs is 1. The van der Waals surface area contributed by atoms with Crippen LogP contribution in [0.25, 0.3) is 16.6 Å². The molecule has 166 valence electrons. The molecule has 2 aliphatic rings. The van der Waals surface area contributed by atoms with E-state index in [1.807, 2.05) is 23.4 Å². The molecule has 2 atom stereocenters. The number of amides is 1. The van der Waals surface area contributed by atoms with Crippen LogP contribution in [-0.2, 0) is 9.53 Å². The van der Waals surface area contributed by atoms with E-state index >= 15 is 0 Å². The van der Waals surface area contributed by atoms with E-state index in [4.69, 9.17) is 27.9 Å². The Morgan fingerprint density at radius 1 is 1.22 bits per heavy atom. The third-order valence-corrected chi connectivity index (χ3v) is 7.06. The molecular weight excluding hydrogens is 445 g/mol. The number of hydrogen-bond donors (Lipinski definition) is 0. The number of carbonyl (C=O) groups is 1. The van der Waals surface area contributed by atoms with Gasteiger partial charge in [0, 0.05) is 29.7 Å². The van der Waals surface area contributed by atoms with Gasteiger partial charge in [-0.05, 0) is 67.2 Å². The van der Waals surface area contributed by atoms with Crippen LogP contribution < -0.4 is 0 Å². The van der Waals surface area contributed by atoms with Crippen LogP contribution in [0.4, 0.5) is 0 Å². The summed E-state index contributed by atoms with van der Waals surface area (Å²) in [5, 5.41) is 1.27. The van der Waals surface area contributed by atoms with Gasteiger partial charge in [-0.3, -0.25) is 4.79 Å². The van der Waals surface area contributed by atoms with Crippen molar-refractivity contribution >= 4 is 45.7 Å². The Morgan fingerprint density at radius 2 is 2.09 bits per heavy atom. The van der Waals surface area contributed by atoms with Gasteiger partial charge in [-0.2, -0.15) is 0 Å². The molecule has 0 aliphatic carbocycles. The lowest BCUT2D eigenvalue weighted by Crippen LogP contribution is -2.41. The maximum Gasteiger partial charge on any atom is 0.251 e. The fourth-order valence-corrected chi connectivity index (χ4v) is 5.20. The minimum absolute atomic E-state index is 0.0138. The van der Waals surface area contributed by atoms with Gasteiger partial charge in [0.05, 0.1) is 23.4 Å². The molecule has 7 heteroatoms. The van der Waals surface area contributed by atoms with E-state index in [1.165, 1.54) is 5.57 Å². The van der Waals surface area contributed by atoms with Crippen molar-refractivity contribution in [2.45, 2.75) is 38.3 Å². The summed E-state index contributed by atoms with van der Waals surface area (Å²) in [6.45, 7) is 4.15. The molecule has 3 aromatic rings. The van der Waals surface area contributed by atoms with E-state index < -0.39 is 0 Å². The molecule has 5 rings (SSSR count). The van der Waals surface area contributed by atoms with Crippen LogP contribution >= 0.6 is 23.2 Å². The van der Waals surface area contributed by atoms with E-state index in [0.29, 0.717) is 23.2 Å². The predicted molar refractivity (Wildman–Crippen MR) is 128 cm³/mol. The highest BCUT2D eigenvalue weighted by Gasteiger charge is 2.29. The zero-order valence-electron chi connectivity index (χ0n) is 17.9. The van der Waals surface area contributed by atoms with Crippen LogP contribution in [0.3, 0.4) is 0 Å². The van der Waals surface area contributed by atoms with Gasteiger partial charge in [0.25, 0.3) is 5.91 Å². The van der Waals surface area contributed by atoms with Crippen LogP contribution in [0.15, 0.2) is 48.8 Å². The van der Waals surface area contributed by atoms with Crippen LogP contribution in [0, 0.1) is 0 Å². The number of carbonyl (C=O) groups excluding carboxylic acids is 1. The monoisotopic (exact) mass is 469 g/mol. The second kappa shape index (κ2) is 8.89. The first-order valence-electron chi connectivity index (χ1n) is 11.0. The Labute approximate surface area is 197 Å². The molecule has 0 spiro atoms. The number of aromatic nitrogens is 2. The van der Waals surface area contributed by atoms with Crippen molar-refractivity contribution in [3.8, 4) is 0 Å². The van der Waals surface area contributed by atoms with Crippen LogP contribution in [0.1, 0.15) is 43.4 Å². The predicted octanol–water partition coefficient (Wildman–Crippen LogP) is 5.75. The van der Waals surface area contributed by atoms with E-state index in [-0.39, 0.29) is 18.1 Å². The van der Waals surface area contributed by atoms with Crippen molar-refractivity contribution in [3.63, 3.8) is 0 Å².